The Kier molecular flexibility index (Phi) is 2.78. The normalized spacial score (nSPS) is 10.3. The number of nitrogens with two attached hydrogens (primary N) is 1. The summed E-state index contributed by atoms with van der Waals surface area (Å²) in [5, 5.41) is 15.4. The van der Waals surface area contributed by atoms with Crippen molar-refractivity contribution in [3.05, 3.63) is 48.2 Å². The number of benzene rings is 2. The molecule has 19 heavy (non-hydrogen) atoms. The molecule has 0 atom stereocenters. The molecule has 4 nitrogen and oxygen atoms in total. The predicted octanol–water partition coefficient (Wildman–Crippen LogP) is 3.49. The molecular weight excluding hydrogens is 256 g/mol. The molecule has 0 fully saturated rings. The molecule has 3 rings (SSSR count). The number of nitriles is 1. The van der Waals surface area contributed by atoms with Crippen molar-refractivity contribution in [2.45, 2.75) is 0 Å². The van der Waals surface area contributed by atoms with E-state index in [1.807, 2.05) is 36.4 Å². The topological polar surface area (TPSA) is 74.7 Å². The van der Waals surface area contributed by atoms with Crippen LogP contribution in [0.4, 0.5) is 15.8 Å². The van der Waals surface area contributed by atoms with Crippen molar-refractivity contribution >= 4 is 37.9 Å². The fourth-order valence-corrected chi connectivity index (χ4v) is 2.61. The van der Waals surface area contributed by atoms with Gasteiger partial charge in [0.15, 0.2) is 10.8 Å². The molecule has 1 heterocycles. The molecule has 92 valence electrons. The zero-order chi connectivity index (χ0) is 13.2. The van der Waals surface area contributed by atoms with Gasteiger partial charge in [-0.3, -0.25) is 0 Å². The summed E-state index contributed by atoms with van der Waals surface area (Å²) >= 11 is 1.28. The summed E-state index contributed by atoms with van der Waals surface area (Å²) in [6.45, 7) is 0. The van der Waals surface area contributed by atoms with Gasteiger partial charge in [-0.15, -0.1) is 0 Å². The Morgan fingerprint density at radius 2 is 1.95 bits per heavy atom. The highest BCUT2D eigenvalue weighted by Gasteiger charge is 2.08. The summed E-state index contributed by atoms with van der Waals surface area (Å²) in [5.74, 6) is 0. The van der Waals surface area contributed by atoms with Crippen LogP contribution in [-0.4, -0.2) is 4.98 Å². The number of aromatic nitrogens is 1. The molecular formula is C14H10N4S. The summed E-state index contributed by atoms with van der Waals surface area (Å²) in [7, 11) is 0. The van der Waals surface area contributed by atoms with Crippen LogP contribution in [0.2, 0.25) is 0 Å². The number of anilines is 3. The summed E-state index contributed by atoms with van der Waals surface area (Å²) < 4.78 is 0. The Labute approximate surface area is 114 Å². The first kappa shape index (κ1) is 11.5. The van der Waals surface area contributed by atoms with E-state index in [0.29, 0.717) is 10.1 Å². The number of thiazole rings is 1. The number of fused-ring (bicyclic) bond motifs is 1. The number of rotatable bonds is 2. The average molecular weight is 266 g/mol. The Bertz CT molecular complexity index is 780. The van der Waals surface area contributed by atoms with Gasteiger partial charge in [0.2, 0.25) is 0 Å². The van der Waals surface area contributed by atoms with Gasteiger partial charge < -0.3 is 11.1 Å². The van der Waals surface area contributed by atoms with E-state index in [1.54, 1.807) is 0 Å². The van der Waals surface area contributed by atoms with Gasteiger partial charge in [0.1, 0.15) is 11.1 Å². The third kappa shape index (κ3) is 2.09. The van der Waals surface area contributed by atoms with Crippen LogP contribution in [0.1, 0.15) is 5.69 Å². The molecule has 0 saturated carbocycles. The zero-order valence-corrected chi connectivity index (χ0v) is 10.7. The van der Waals surface area contributed by atoms with Gasteiger partial charge in [-0.05, 0) is 11.5 Å². The molecule has 0 spiro atoms. The molecule has 1 aromatic heterocycles. The third-order valence-corrected chi connectivity index (χ3v) is 3.59. The lowest BCUT2D eigenvalue weighted by Crippen LogP contribution is -1.90. The van der Waals surface area contributed by atoms with Gasteiger partial charge in [-0.25, -0.2) is 4.98 Å². The van der Waals surface area contributed by atoms with Gasteiger partial charge in [0, 0.05) is 11.1 Å². The first-order valence-corrected chi connectivity index (χ1v) is 6.51. The summed E-state index contributed by atoms with van der Waals surface area (Å²) in [5.41, 5.74) is 6.94. The molecule has 0 aliphatic carbocycles. The van der Waals surface area contributed by atoms with Crippen molar-refractivity contribution < 1.29 is 0 Å². The molecule has 0 unspecified atom stereocenters. The van der Waals surface area contributed by atoms with E-state index < -0.39 is 0 Å². The number of nitrogens with one attached hydrogen (secondary N) is 1. The molecule has 2 aromatic carbocycles. The molecule has 0 saturated heterocycles. The van der Waals surface area contributed by atoms with Gasteiger partial charge in [-0.1, -0.05) is 47.7 Å². The van der Waals surface area contributed by atoms with Crippen molar-refractivity contribution in [1.82, 2.24) is 4.98 Å². The van der Waals surface area contributed by atoms with E-state index in [4.69, 9.17) is 11.0 Å². The van der Waals surface area contributed by atoms with Crippen LogP contribution < -0.4 is 11.1 Å². The highest BCUT2D eigenvalue weighted by molar-refractivity contribution is 7.19. The molecule has 0 aliphatic rings. The highest BCUT2D eigenvalue weighted by atomic mass is 32.1. The second-order valence-corrected chi connectivity index (χ2v) is 5.03. The number of nitrogens with zero attached hydrogens (tertiary/aromatic N) is 2. The van der Waals surface area contributed by atoms with Crippen LogP contribution in [0.3, 0.4) is 0 Å². The minimum atomic E-state index is 0.271. The first-order valence-electron chi connectivity index (χ1n) is 5.69. The van der Waals surface area contributed by atoms with E-state index in [9.17, 15) is 0 Å². The van der Waals surface area contributed by atoms with Crippen LogP contribution >= 0.6 is 11.3 Å². The van der Waals surface area contributed by atoms with Crippen LogP contribution in [-0.2, 0) is 0 Å². The lowest BCUT2D eigenvalue weighted by Gasteiger charge is -2.06. The summed E-state index contributed by atoms with van der Waals surface area (Å²) in [4.78, 5) is 4.15. The minimum Gasteiger partial charge on any atom is -0.388 e. The fraction of sp³-hybridized carbons (Fsp3) is 0. The third-order valence-electron chi connectivity index (χ3n) is 2.79. The fourth-order valence-electron chi connectivity index (χ4n) is 1.92. The molecule has 3 N–H and O–H groups in total. The zero-order valence-electron chi connectivity index (χ0n) is 9.92. The predicted molar refractivity (Wildman–Crippen MR) is 78.5 cm³/mol. The monoisotopic (exact) mass is 266 g/mol. The largest absolute Gasteiger partial charge is 0.388 e. The second kappa shape index (κ2) is 4.59. The Balaban J connectivity index is 2.03. The van der Waals surface area contributed by atoms with E-state index in [-0.39, 0.29) is 5.69 Å². The number of hydrogen-bond donors (Lipinski definition) is 2. The van der Waals surface area contributed by atoms with E-state index >= 15 is 0 Å². The Morgan fingerprint density at radius 3 is 2.74 bits per heavy atom. The van der Waals surface area contributed by atoms with Crippen molar-refractivity contribution in [2.75, 3.05) is 11.1 Å². The van der Waals surface area contributed by atoms with Crippen molar-refractivity contribution in [1.29, 1.82) is 5.26 Å². The van der Waals surface area contributed by atoms with Crippen LogP contribution in [0.15, 0.2) is 42.5 Å². The smallest absolute Gasteiger partial charge is 0.190 e. The standard InChI is InChI=1S/C14H10N4S/c15-8-12-13(16)19-14(18-12)17-11-7-3-5-9-4-1-2-6-10(9)11/h1-7H,16H2,(H,17,18). The van der Waals surface area contributed by atoms with Crippen molar-refractivity contribution in [2.24, 2.45) is 0 Å². The van der Waals surface area contributed by atoms with Gasteiger partial charge in [0.05, 0.1) is 0 Å². The average Bonchev–Trinajstić information content (AvgIpc) is 2.79. The lowest BCUT2D eigenvalue weighted by atomic mass is 10.1. The quantitative estimate of drug-likeness (QED) is 0.744. The summed E-state index contributed by atoms with van der Waals surface area (Å²) in [6, 6.07) is 16.1. The van der Waals surface area contributed by atoms with Crippen LogP contribution in [0.25, 0.3) is 10.8 Å². The van der Waals surface area contributed by atoms with E-state index in [0.717, 1.165) is 16.5 Å². The van der Waals surface area contributed by atoms with Crippen LogP contribution in [0, 0.1) is 11.3 Å². The van der Waals surface area contributed by atoms with Gasteiger partial charge in [0.25, 0.3) is 0 Å². The molecule has 0 aliphatic heterocycles. The van der Waals surface area contributed by atoms with Crippen molar-refractivity contribution in [3.63, 3.8) is 0 Å². The molecule has 3 aromatic rings. The van der Waals surface area contributed by atoms with Gasteiger partial charge in [-0.2, -0.15) is 5.26 Å². The first-order chi connectivity index (χ1) is 9.28. The van der Waals surface area contributed by atoms with Crippen LogP contribution in [0.5, 0.6) is 0 Å². The highest BCUT2D eigenvalue weighted by Crippen LogP contribution is 2.30. The van der Waals surface area contributed by atoms with E-state index in [2.05, 4.69) is 22.4 Å². The minimum absolute atomic E-state index is 0.271. The Hall–Kier alpha value is -2.58. The number of nitrogen functional groups attached to an aromatic ring is 1. The second-order valence-electron chi connectivity index (χ2n) is 4.00. The number of hydrogen-bond acceptors (Lipinski definition) is 5. The summed E-state index contributed by atoms with van der Waals surface area (Å²) in [6.07, 6.45) is 0. The maximum atomic E-state index is 8.86. The molecule has 5 heteroatoms. The molecule has 0 amide bonds. The molecule has 0 bridgehead atoms. The van der Waals surface area contributed by atoms with Gasteiger partial charge >= 0.3 is 0 Å². The maximum Gasteiger partial charge on any atom is 0.190 e. The Morgan fingerprint density at radius 1 is 1.16 bits per heavy atom. The lowest BCUT2D eigenvalue weighted by molar-refractivity contribution is 1.33. The maximum absolute atomic E-state index is 8.86. The molecule has 0 radical (unpaired) electrons. The van der Waals surface area contributed by atoms with E-state index in [1.165, 1.54) is 11.3 Å². The van der Waals surface area contributed by atoms with Crippen molar-refractivity contribution in [3.8, 4) is 6.07 Å². The SMILES string of the molecule is N#Cc1nc(Nc2cccc3ccccc23)sc1N.